The van der Waals surface area contributed by atoms with Gasteiger partial charge in [-0.1, -0.05) is 74.4 Å². The van der Waals surface area contributed by atoms with Gasteiger partial charge in [0.1, 0.15) is 18.4 Å². The molecule has 0 bridgehead atoms. The highest BCUT2D eigenvalue weighted by Crippen LogP contribution is 2.20. The van der Waals surface area contributed by atoms with Crippen LogP contribution in [0.2, 0.25) is 0 Å². The first-order chi connectivity index (χ1) is 16.5. The summed E-state index contributed by atoms with van der Waals surface area (Å²) in [6.45, 7) is 2.90. The zero-order valence-electron chi connectivity index (χ0n) is 19.6. The van der Waals surface area contributed by atoms with E-state index in [1.54, 1.807) is 12.1 Å². The maximum atomic E-state index is 13.1. The number of amides is 2. The summed E-state index contributed by atoms with van der Waals surface area (Å²) in [7, 11) is 0. The average Bonchev–Trinajstić information content (AvgIpc) is 2.87. The minimum Gasteiger partial charge on any atom is -0.489 e. The van der Waals surface area contributed by atoms with Crippen molar-refractivity contribution in [2.45, 2.75) is 51.8 Å². The predicted octanol–water partition coefficient (Wildman–Crippen LogP) is 4.90. The number of hydrogen-bond donors (Lipinski definition) is 3. The van der Waals surface area contributed by atoms with E-state index in [1.165, 1.54) is 0 Å². The van der Waals surface area contributed by atoms with Crippen molar-refractivity contribution in [3.8, 4) is 5.75 Å². The molecule has 0 unspecified atom stereocenters. The molecule has 6 nitrogen and oxygen atoms in total. The fourth-order valence-electron chi connectivity index (χ4n) is 3.49. The molecule has 34 heavy (non-hydrogen) atoms. The monoisotopic (exact) mass is 459 g/mol. The second-order valence-corrected chi connectivity index (χ2v) is 8.26. The second kappa shape index (κ2) is 13.0. The Morgan fingerprint density at radius 1 is 0.882 bits per heavy atom. The van der Waals surface area contributed by atoms with E-state index in [1.807, 2.05) is 66.7 Å². The van der Waals surface area contributed by atoms with Crippen molar-refractivity contribution in [1.82, 2.24) is 10.6 Å². The number of benzene rings is 3. The second-order valence-electron chi connectivity index (χ2n) is 8.26. The van der Waals surface area contributed by atoms with Crippen molar-refractivity contribution in [2.24, 2.45) is 0 Å². The summed E-state index contributed by atoms with van der Waals surface area (Å²) < 4.78 is 5.85. The van der Waals surface area contributed by atoms with Crippen LogP contribution in [-0.4, -0.2) is 11.8 Å². The van der Waals surface area contributed by atoms with Crippen LogP contribution in [0.15, 0.2) is 78.9 Å². The van der Waals surface area contributed by atoms with Gasteiger partial charge in [0.25, 0.3) is 0 Å². The Kier molecular flexibility index (Phi) is 9.52. The van der Waals surface area contributed by atoms with E-state index in [0.29, 0.717) is 36.6 Å². The van der Waals surface area contributed by atoms with Crippen LogP contribution in [0, 0.1) is 0 Å². The van der Waals surface area contributed by atoms with Gasteiger partial charge in [0, 0.05) is 18.7 Å². The quantitative estimate of drug-likeness (QED) is 0.265. The van der Waals surface area contributed by atoms with Crippen LogP contribution >= 0.6 is 0 Å². The third-order valence-electron chi connectivity index (χ3n) is 5.48. The molecule has 3 rings (SSSR count). The summed E-state index contributed by atoms with van der Waals surface area (Å²) in [5.41, 5.74) is 9.11. The van der Waals surface area contributed by atoms with Crippen LogP contribution in [0.25, 0.3) is 0 Å². The van der Waals surface area contributed by atoms with Crippen LogP contribution in [0.3, 0.4) is 0 Å². The molecular formula is C28H33N3O3. The number of ether oxygens (including phenoxy) is 1. The Hall–Kier alpha value is -3.80. The molecule has 0 aliphatic rings. The Morgan fingerprint density at radius 2 is 1.59 bits per heavy atom. The number of anilines is 1. The van der Waals surface area contributed by atoms with Gasteiger partial charge in [-0.3, -0.25) is 9.59 Å². The van der Waals surface area contributed by atoms with Crippen molar-refractivity contribution < 1.29 is 14.3 Å². The number of nitrogen functional groups attached to an aromatic ring is 1. The lowest BCUT2D eigenvalue weighted by Gasteiger charge is -2.19. The van der Waals surface area contributed by atoms with Crippen LogP contribution in [0.5, 0.6) is 5.75 Å². The number of unbranched alkanes of at least 4 members (excludes halogenated alkanes) is 2. The molecule has 178 valence electrons. The topological polar surface area (TPSA) is 93.5 Å². The fourth-order valence-corrected chi connectivity index (χ4v) is 3.49. The van der Waals surface area contributed by atoms with Gasteiger partial charge in [0.05, 0.1) is 0 Å². The summed E-state index contributed by atoms with van der Waals surface area (Å²) in [4.78, 5) is 25.6. The molecule has 0 saturated carbocycles. The Labute approximate surface area is 201 Å². The van der Waals surface area contributed by atoms with Gasteiger partial charge in [-0.05, 0) is 47.4 Å². The molecule has 4 N–H and O–H groups in total. The lowest BCUT2D eigenvalue weighted by atomic mass is 10.0. The molecule has 0 spiro atoms. The minimum absolute atomic E-state index is 0.134. The highest BCUT2D eigenvalue weighted by molar-refractivity contribution is 5.88. The van der Waals surface area contributed by atoms with E-state index in [0.717, 1.165) is 30.4 Å². The number of carbonyl (C=O) groups excluding carboxylic acids is 2. The summed E-state index contributed by atoms with van der Waals surface area (Å²) in [6.07, 6.45) is 3.21. The van der Waals surface area contributed by atoms with Gasteiger partial charge >= 0.3 is 0 Å². The third kappa shape index (κ3) is 7.96. The van der Waals surface area contributed by atoms with Gasteiger partial charge in [-0.25, -0.2) is 0 Å². The molecule has 3 aromatic carbocycles. The van der Waals surface area contributed by atoms with Crippen molar-refractivity contribution in [3.05, 3.63) is 95.6 Å². The standard InChI is InChI=1S/C28H33N3O3/c1-2-3-5-10-26(32)31-27(28(33)30-19-21-11-15-24(29)16-12-21)23-13-17-25(18-14-23)34-20-22-8-6-4-7-9-22/h4,6-9,11-18,27H,2-3,5,10,19-20,29H2,1H3,(H,30,33)(H,31,32)/t27-/m0/s1. The smallest absolute Gasteiger partial charge is 0.247 e. The lowest BCUT2D eigenvalue weighted by Crippen LogP contribution is -2.40. The molecule has 0 fully saturated rings. The van der Waals surface area contributed by atoms with Gasteiger partial charge in [-0.15, -0.1) is 0 Å². The van der Waals surface area contributed by atoms with E-state index >= 15 is 0 Å². The maximum absolute atomic E-state index is 13.1. The number of nitrogens with two attached hydrogens (primary N) is 1. The van der Waals surface area contributed by atoms with Gasteiger partial charge < -0.3 is 21.1 Å². The molecule has 0 heterocycles. The van der Waals surface area contributed by atoms with Gasteiger partial charge in [-0.2, -0.15) is 0 Å². The van der Waals surface area contributed by atoms with Gasteiger partial charge in [0.15, 0.2) is 0 Å². The number of nitrogens with one attached hydrogen (secondary N) is 2. The van der Waals surface area contributed by atoms with Gasteiger partial charge in [0.2, 0.25) is 11.8 Å². The summed E-state index contributed by atoms with van der Waals surface area (Å²) in [5, 5.41) is 5.83. The molecule has 2 amide bonds. The van der Waals surface area contributed by atoms with E-state index in [9.17, 15) is 9.59 Å². The summed E-state index contributed by atoms with van der Waals surface area (Å²) >= 11 is 0. The fraction of sp³-hybridized carbons (Fsp3) is 0.286. The predicted molar refractivity (Wildman–Crippen MR) is 135 cm³/mol. The molecular weight excluding hydrogens is 426 g/mol. The largest absolute Gasteiger partial charge is 0.489 e. The number of hydrogen-bond acceptors (Lipinski definition) is 4. The first-order valence-electron chi connectivity index (χ1n) is 11.7. The van der Waals surface area contributed by atoms with Crippen LogP contribution in [0.4, 0.5) is 5.69 Å². The van der Waals surface area contributed by atoms with Crippen molar-refractivity contribution in [2.75, 3.05) is 5.73 Å². The first-order valence-corrected chi connectivity index (χ1v) is 11.7. The normalized spacial score (nSPS) is 11.4. The molecule has 0 radical (unpaired) electrons. The summed E-state index contributed by atoms with van der Waals surface area (Å²) in [6, 6.07) is 23.7. The Balaban J connectivity index is 1.66. The molecule has 6 heteroatoms. The van der Waals surface area contributed by atoms with Crippen molar-refractivity contribution in [3.63, 3.8) is 0 Å². The summed E-state index contributed by atoms with van der Waals surface area (Å²) in [5.74, 6) is 0.298. The Bertz CT molecular complexity index is 1030. The van der Waals surface area contributed by atoms with Crippen LogP contribution < -0.4 is 21.1 Å². The SMILES string of the molecule is CCCCCC(=O)N[C@H](C(=O)NCc1ccc(N)cc1)c1ccc(OCc2ccccc2)cc1. The highest BCUT2D eigenvalue weighted by Gasteiger charge is 2.22. The van der Waals surface area contributed by atoms with E-state index in [-0.39, 0.29) is 11.8 Å². The van der Waals surface area contributed by atoms with Crippen LogP contribution in [0.1, 0.15) is 55.3 Å². The van der Waals surface area contributed by atoms with E-state index in [2.05, 4.69) is 17.6 Å². The van der Waals surface area contributed by atoms with Crippen molar-refractivity contribution in [1.29, 1.82) is 0 Å². The maximum Gasteiger partial charge on any atom is 0.247 e. The number of rotatable bonds is 12. The minimum atomic E-state index is -0.786. The molecule has 0 saturated heterocycles. The first kappa shape index (κ1) is 24.8. The average molecular weight is 460 g/mol. The number of carbonyl (C=O) groups is 2. The Morgan fingerprint density at radius 3 is 2.26 bits per heavy atom. The molecule has 0 aliphatic heterocycles. The molecule has 1 atom stereocenters. The van der Waals surface area contributed by atoms with E-state index in [4.69, 9.17) is 10.5 Å². The van der Waals surface area contributed by atoms with E-state index < -0.39 is 6.04 Å². The third-order valence-corrected chi connectivity index (χ3v) is 5.48. The molecule has 0 aliphatic carbocycles. The highest BCUT2D eigenvalue weighted by atomic mass is 16.5. The molecule has 3 aromatic rings. The van der Waals surface area contributed by atoms with Crippen molar-refractivity contribution >= 4 is 17.5 Å². The van der Waals surface area contributed by atoms with Crippen LogP contribution in [-0.2, 0) is 22.7 Å². The zero-order chi connectivity index (χ0) is 24.2. The molecule has 0 aromatic heterocycles. The zero-order valence-corrected chi connectivity index (χ0v) is 19.6. The lowest BCUT2D eigenvalue weighted by molar-refractivity contribution is -0.129.